The van der Waals surface area contributed by atoms with Gasteiger partial charge in [-0.1, -0.05) is 6.92 Å². The van der Waals surface area contributed by atoms with Crippen molar-refractivity contribution in [2.75, 3.05) is 33.7 Å². The van der Waals surface area contributed by atoms with Gasteiger partial charge in [0.25, 0.3) is 0 Å². The third-order valence-corrected chi connectivity index (χ3v) is 2.79. The number of hydrogen-bond acceptors (Lipinski definition) is 2. The quantitative estimate of drug-likeness (QED) is 0.602. The second-order valence-electron chi connectivity index (χ2n) is 4.19. The molecule has 2 atom stereocenters. The van der Waals surface area contributed by atoms with Crippen LogP contribution < -0.4 is 5.32 Å². The van der Waals surface area contributed by atoms with Crippen LogP contribution >= 0.6 is 0 Å². The first-order valence-corrected chi connectivity index (χ1v) is 5.07. The van der Waals surface area contributed by atoms with Crippen LogP contribution in [0.2, 0.25) is 0 Å². The molecule has 0 spiro atoms. The molecule has 1 saturated carbocycles. The van der Waals surface area contributed by atoms with Crippen molar-refractivity contribution in [3.05, 3.63) is 0 Å². The Hall–Kier alpha value is -0.0800. The molecule has 2 heteroatoms. The lowest BCUT2D eigenvalue weighted by atomic mass is 10.3. The van der Waals surface area contributed by atoms with Crippen LogP contribution in [0.1, 0.15) is 19.8 Å². The van der Waals surface area contributed by atoms with E-state index in [1.807, 2.05) is 7.05 Å². The molecule has 2 unspecified atom stereocenters. The zero-order chi connectivity index (χ0) is 8.97. The van der Waals surface area contributed by atoms with Gasteiger partial charge in [-0.15, -0.1) is 0 Å². The Bertz CT molecular complexity index is 125. The Morgan fingerprint density at radius 1 is 1.50 bits per heavy atom. The summed E-state index contributed by atoms with van der Waals surface area (Å²) in [5, 5.41) is 3.17. The number of hydrogen-bond donors (Lipinski definition) is 1. The van der Waals surface area contributed by atoms with Crippen molar-refractivity contribution < 1.29 is 0 Å². The van der Waals surface area contributed by atoms with E-state index in [2.05, 4.69) is 24.2 Å². The second kappa shape index (κ2) is 4.83. The van der Waals surface area contributed by atoms with E-state index in [4.69, 9.17) is 0 Å². The lowest BCUT2D eigenvalue weighted by molar-refractivity contribution is 0.310. The molecule has 1 rings (SSSR count). The molecule has 1 fully saturated rings. The van der Waals surface area contributed by atoms with Gasteiger partial charge in [0.1, 0.15) is 0 Å². The highest BCUT2D eigenvalue weighted by Crippen LogP contribution is 2.37. The average Bonchev–Trinajstić information content (AvgIpc) is 2.67. The zero-order valence-corrected chi connectivity index (χ0v) is 8.64. The minimum absolute atomic E-state index is 0.997. The standard InChI is InChI=1S/C10H22N2/c1-9-7-10(9)8-12(3)6-4-5-11-2/h9-11H,4-8H2,1-3H3. The molecule has 12 heavy (non-hydrogen) atoms. The normalized spacial score (nSPS) is 28.0. The van der Waals surface area contributed by atoms with Crippen LogP contribution in [0.3, 0.4) is 0 Å². The van der Waals surface area contributed by atoms with Crippen LogP contribution in [-0.4, -0.2) is 38.6 Å². The van der Waals surface area contributed by atoms with Crippen LogP contribution in [0.4, 0.5) is 0 Å². The second-order valence-corrected chi connectivity index (χ2v) is 4.19. The summed E-state index contributed by atoms with van der Waals surface area (Å²) in [6.45, 7) is 6.05. The first kappa shape index (κ1) is 10.0. The molecule has 0 aromatic carbocycles. The van der Waals surface area contributed by atoms with Crippen molar-refractivity contribution >= 4 is 0 Å². The maximum absolute atomic E-state index is 3.17. The first-order chi connectivity index (χ1) is 5.74. The Kier molecular flexibility index (Phi) is 4.02. The van der Waals surface area contributed by atoms with Gasteiger partial charge in [0.15, 0.2) is 0 Å². The van der Waals surface area contributed by atoms with Gasteiger partial charge >= 0.3 is 0 Å². The Balaban J connectivity index is 1.93. The highest BCUT2D eigenvalue weighted by atomic mass is 15.1. The summed E-state index contributed by atoms with van der Waals surface area (Å²) in [5.74, 6) is 2.00. The highest BCUT2D eigenvalue weighted by Gasteiger charge is 2.32. The van der Waals surface area contributed by atoms with Gasteiger partial charge in [-0.05, 0) is 51.9 Å². The van der Waals surface area contributed by atoms with E-state index < -0.39 is 0 Å². The monoisotopic (exact) mass is 170 g/mol. The zero-order valence-electron chi connectivity index (χ0n) is 8.64. The lowest BCUT2D eigenvalue weighted by Crippen LogP contribution is -2.25. The summed E-state index contributed by atoms with van der Waals surface area (Å²) in [4.78, 5) is 2.46. The third kappa shape index (κ3) is 3.55. The van der Waals surface area contributed by atoms with E-state index in [0.29, 0.717) is 0 Å². The summed E-state index contributed by atoms with van der Waals surface area (Å²) in [7, 11) is 4.25. The molecule has 0 radical (unpaired) electrons. The molecule has 1 N–H and O–H groups in total. The van der Waals surface area contributed by atoms with Crippen LogP contribution in [0, 0.1) is 11.8 Å². The minimum atomic E-state index is 0.997. The van der Waals surface area contributed by atoms with Gasteiger partial charge in [-0.3, -0.25) is 0 Å². The van der Waals surface area contributed by atoms with Crippen molar-refractivity contribution in [2.24, 2.45) is 11.8 Å². The molecule has 72 valence electrons. The molecule has 1 aliphatic carbocycles. The predicted molar refractivity (Wildman–Crippen MR) is 53.3 cm³/mol. The van der Waals surface area contributed by atoms with Gasteiger partial charge in [0, 0.05) is 6.54 Å². The summed E-state index contributed by atoms with van der Waals surface area (Å²) >= 11 is 0. The minimum Gasteiger partial charge on any atom is -0.320 e. The van der Waals surface area contributed by atoms with Crippen molar-refractivity contribution in [1.29, 1.82) is 0 Å². The van der Waals surface area contributed by atoms with Crippen molar-refractivity contribution in [3.8, 4) is 0 Å². The van der Waals surface area contributed by atoms with E-state index in [-0.39, 0.29) is 0 Å². The van der Waals surface area contributed by atoms with Gasteiger partial charge in [0.2, 0.25) is 0 Å². The molecule has 0 aromatic heterocycles. The molecule has 0 aromatic rings. The smallest absolute Gasteiger partial charge is 0.000927 e. The molecule has 0 heterocycles. The maximum Gasteiger partial charge on any atom is 0.000927 e. The molecule has 0 aliphatic heterocycles. The van der Waals surface area contributed by atoms with Crippen molar-refractivity contribution in [3.63, 3.8) is 0 Å². The summed E-state index contributed by atoms with van der Waals surface area (Å²) < 4.78 is 0. The van der Waals surface area contributed by atoms with Crippen LogP contribution in [0.25, 0.3) is 0 Å². The predicted octanol–water partition coefficient (Wildman–Crippen LogP) is 1.18. The molecule has 0 saturated heterocycles. The third-order valence-electron chi connectivity index (χ3n) is 2.79. The summed E-state index contributed by atoms with van der Waals surface area (Å²) in [6, 6.07) is 0. The van der Waals surface area contributed by atoms with Gasteiger partial charge < -0.3 is 10.2 Å². The van der Waals surface area contributed by atoms with Crippen molar-refractivity contribution in [1.82, 2.24) is 10.2 Å². The molecule has 0 amide bonds. The number of nitrogens with one attached hydrogen (secondary N) is 1. The van der Waals surface area contributed by atoms with Crippen molar-refractivity contribution in [2.45, 2.75) is 19.8 Å². The summed E-state index contributed by atoms with van der Waals surface area (Å²) in [6.07, 6.45) is 2.73. The topological polar surface area (TPSA) is 15.3 Å². The summed E-state index contributed by atoms with van der Waals surface area (Å²) in [5.41, 5.74) is 0. The van der Waals surface area contributed by atoms with E-state index in [9.17, 15) is 0 Å². The average molecular weight is 170 g/mol. The Labute approximate surface area is 76.3 Å². The molecule has 1 aliphatic rings. The van der Waals surface area contributed by atoms with E-state index in [1.165, 1.54) is 25.9 Å². The molecule has 0 bridgehead atoms. The maximum atomic E-state index is 3.17. The van der Waals surface area contributed by atoms with Crippen LogP contribution in [0.5, 0.6) is 0 Å². The first-order valence-electron chi connectivity index (χ1n) is 5.07. The lowest BCUT2D eigenvalue weighted by Gasteiger charge is -2.15. The van der Waals surface area contributed by atoms with E-state index >= 15 is 0 Å². The fourth-order valence-electron chi connectivity index (χ4n) is 1.67. The van der Waals surface area contributed by atoms with E-state index in [1.54, 1.807) is 0 Å². The van der Waals surface area contributed by atoms with Crippen LogP contribution in [-0.2, 0) is 0 Å². The fourth-order valence-corrected chi connectivity index (χ4v) is 1.67. The highest BCUT2D eigenvalue weighted by molar-refractivity contribution is 4.84. The van der Waals surface area contributed by atoms with Gasteiger partial charge in [-0.25, -0.2) is 0 Å². The van der Waals surface area contributed by atoms with Gasteiger partial charge in [-0.2, -0.15) is 0 Å². The fraction of sp³-hybridized carbons (Fsp3) is 1.00. The Morgan fingerprint density at radius 3 is 2.67 bits per heavy atom. The Morgan fingerprint density at radius 2 is 2.17 bits per heavy atom. The van der Waals surface area contributed by atoms with Gasteiger partial charge in [0.05, 0.1) is 0 Å². The van der Waals surface area contributed by atoms with E-state index in [0.717, 1.165) is 18.4 Å². The van der Waals surface area contributed by atoms with Crippen LogP contribution in [0.15, 0.2) is 0 Å². The number of rotatable bonds is 6. The molecular weight excluding hydrogens is 148 g/mol. The molecule has 2 nitrogen and oxygen atoms in total. The molecular formula is C10H22N2. The SMILES string of the molecule is CNCCCN(C)CC1CC1C. The number of nitrogens with zero attached hydrogens (tertiary/aromatic N) is 1. The largest absolute Gasteiger partial charge is 0.320 e.